The largest absolute Gasteiger partial charge is 0.324 e. The SMILES string of the molecule is CC(Cl)c1nc2ccc(C#N)cc2n1C(C)C1CC1. The van der Waals surface area contributed by atoms with E-state index in [0.717, 1.165) is 22.8 Å². The average molecular weight is 274 g/mol. The van der Waals surface area contributed by atoms with E-state index in [1.807, 2.05) is 25.1 Å². The van der Waals surface area contributed by atoms with Crippen molar-refractivity contribution in [3.05, 3.63) is 29.6 Å². The standard InChI is InChI=1S/C15H16ClN3/c1-9(16)15-18-13-6-3-11(8-17)7-14(13)19(15)10(2)12-4-5-12/h3,6-7,9-10,12H,4-5H2,1-2H3. The number of aromatic nitrogens is 2. The van der Waals surface area contributed by atoms with Crippen molar-refractivity contribution in [3.63, 3.8) is 0 Å². The van der Waals surface area contributed by atoms with Crippen molar-refractivity contribution >= 4 is 22.6 Å². The molecule has 2 atom stereocenters. The van der Waals surface area contributed by atoms with Crippen molar-refractivity contribution in [3.8, 4) is 6.07 Å². The number of hydrogen-bond acceptors (Lipinski definition) is 2. The second-order valence-electron chi connectivity index (χ2n) is 5.35. The Morgan fingerprint density at radius 3 is 2.74 bits per heavy atom. The maximum atomic E-state index is 9.06. The molecule has 3 nitrogen and oxygen atoms in total. The van der Waals surface area contributed by atoms with Gasteiger partial charge in [-0.1, -0.05) is 0 Å². The predicted octanol–water partition coefficient (Wildman–Crippen LogP) is 4.18. The highest BCUT2D eigenvalue weighted by Crippen LogP contribution is 2.42. The lowest BCUT2D eigenvalue weighted by Crippen LogP contribution is -2.11. The summed E-state index contributed by atoms with van der Waals surface area (Å²) < 4.78 is 2.23. The maximum Gasteiger partial charge on any atom is 0.127 e. The van der Waals surface area contributed by atoms with Gasteiger partial charge in [0.1, 0.15) is 5.82 Å². The Balaban J connectivity index is 2.23. The lowest BCUT2D eigenvalue weighted by atomic mass is 10.1. The van der Waals surface area contributed by atoms with Crippen molar-refractivity contribution in [2.45, 2.75) is 38.1 Å². The van der Waals surface area contributed by atoms with Crippen molar-refractivity contribution in [1.82, 2.24) is 9.55 Å². The Bertz CT molecular complexity index is 662. The number of rotatable bonds is 3. The molecule has 1 fully saturated rings. The first-order valence-corrected chi connectivity index (χ1v) is 7.11. The van der Waals surface area contributed by atoms with Gasteiger partial charge in [0.05, 0.1) is 28.0 Å². The van der Waals surface area contributed by atoms with Crippen LogP contribution in [0.25, 0.3) is 11.0 Å². The number of fused-ring (bicyclic) bond motifs is 1. The number of alkyl halides is 1. The van der Waals surface area contributed by atoms with Crippen LogP contribution in [0.4, 0.5) is 0 Å². The highest BCUT2D eigenvalue weighted by molar-refractivity contribution is 6.20. The fourth-order valence-electron chi connectivity index (χ4n) is 2.68. The summed E-state index contributed by atoms with van der Waals surface area (Å²) in [6, 6.07) is 8.23. The molecule has 3 rings (SSSR count). The smallest absolute Gasteiger partial charge is 0.127 e. The minimum absolute atomic E-state index is 0.126. The highest BCUT2D eigenvalue weighted by Gasteiger charge is 2.32. The molecule has 1 aliphatic rings. The summed E-state index contributed by atoms with van der Waals surface area (Å²) in [7, 11) is 0. The highest BCUT2D eigenvalue weighted by atomic mass is 35.5. The summed E-state index contributed by atoms with van der Waals surface area (Å²) in [4.78, 5) is 4.64. The Hall–Kier alpha value is -1.53. The van der Waals surface area contributed by atoms with Gasteiger partial charge < -0.3 is 4.57 Å². The van der Waals surface area contributed by atoms with Gasteiger partial charge in [-0.2, -0.15) is 5.26 Å². The molecule has 0 amide bonds. The molecule has 0 N–H and O–H groups in total. The van der Waals surface area contributed by atoms with E-state index in [2.05, 4.69) is 22.5 Å². The van der Waals surface area contributed by atoms with E-state index in [9.17, 15) is 0 Å². The van der Waals surface area contributed by atoms with Gasteiger partial charge in [0, 0.05) is 6.04 Å². The molecule has 2 aromatic rings. The molecule has 19 heavy (non-hydrogen) atoms. The lowest BCUT2D eigenvalue weighted by molar-refractivity contribution is 0.480. The van der Waals surface area contributed by atoms with Crippen LogP contribution in [0, 0.1) is 17.2 Å². The Kier molecular flexibility index (Phi) is 2.99. The third-order valence-electron chi connectivity index (χ3n) is 3.91. The van der Waals surface area contributed by atoms with Gasteiger partial charge in [0.25, 0.3) is 0 Å². The molecule has 1 aromatic carbocycles. The molecule has 1 aromatic heterocycles. The van der Waals surface area contributed by atoms with Crippen LogP contribution in [-0.2, 0) is 0 Å². The van der Waals surface area contributed by atoms with Crippen LogP contribution in [0.3, 0.4) is 0 Å². The minimum atomic E-state index is -0.126. The molecule has 4 heteroatoms. The predicted molar refractivity (Wildman–Crippen MR) is 76.2 cm³/mol. The lowest BCUT2D eigenvalue weighted by Gasteiger charge is -2.18. The molecular formula is C15H16ClN3. The zero-order valence-corrected chi connectivity index (χ0v) is 11.9. The van der Waals surface area contributed by atoms with Crippen LogP contribution >= 0.6 is 11.6 Å². The van der Waals surface area contributed by atoms with E-state index < -0.39 is 0 Å². The molecule has 1 saturated carbocycles. The van der Waals surface area contributed by atoms with E-state index in [1.54, 1.807) is 0 Å². The van der Waals surface area contributed by atoms with E-state index in [-0.39, 0.29) is 5.38 Å². The number of benzene rings is 1. The summed E-state index contributed by atoms with van der Waals surface area (Å²) >= 11 is 6.27. The van der Waals surface area contributed by atoms with E-state index in [0.29, 0.717) is 11.6 Å². The average Bonchev–Trinajstić information content (AvgIpc) is 3.17. The molecule has 0 bridgehead atoms. The first-order chi connectivity index (χ1) is 9.11. The summed E-state index contributed by atoms with van der Waals surface area (Å²) in [5, 5.41) is 8.93. The van der Waals surface area contributed by atoms with Crippen LogP contribution in [0.5, 0.6) is 0 Å². The summed E-state index contributed by atoms with van der Waals surface area (Å²) in [6.45, 7) is 4.17. The van der Waals surface area contributed by atoms with Gasteiger partial charge >= 0.3 is 0 Å². The second-order valence-corrected chi connectivity index (χ2v) is 6.00. The van der Waals surface area contributed by atoms with Gasteiger partial charge in [-0.25, -0.2) is 4.98 Å². The van der Waals surface area contributed by atoms with E-state index in [4.69, 9.17) is 16.9 Å². The fraction of sp³-hybridized carbons (Fsp3) is 0.467. The molecule has 0 spiro atoms. The second kappa shape index (κ2) is 4.54. The molecule has 0 saturated heterocycles. The Morgan fingerprint density at radius 2 is 2.16 bits per heavy atom. The third-order valence-corrected chi connectivity index (χ3v) is 4.11. The van der Waals surface area contributed by atoms with Gasteiger partial charge in [-0.15, -0.1) is 11.6 Å². The van der Waals surface area contributed by atoms with Gasteiger partial charge in [-0.3, -0.25) is 0 Å². The normalized spacial score (nSPS) is 18.2. The molecule has 0 radical (unpaired) electrons. The molecule has 0 aliphatic heterocycles. The molecule has 2 unspecified atom stereocenters. The summed E-state index contributed by atoms with van der Waals surface area (Å²) in [5.74, 6) is 1.63. The number of imidazole rings is 1. The maximum absolute atomic E-state index is 9.06. The summed E-state index contributed by atoms with van der Waals surface area (Å²) in [5.41, 5.74) is 2.63. The van der Waals surface area contributed by atoms with Crippen LogP contribution in [0.15, 0.2) is 18.2 Å². The molecule has 1 aliphatic carbocycles. The zero-order chi connectivity index (χ0) is 13.6. The van der Waals surface area contributed by atoms with E-state index in [1.165, 1.54) is 12.8 Å². The molecule has 98 valence electrons. The van der Waals surface area contributed by atoms with Crippen LogP contribution < -0.4 is 0 Å². The van der Waals surface area contributed by atoms with Crippen molar-refractivity contribution in [2.24, 2.45) is 5.92 Å². The first kappa shape index (κ1) is 12.5. The first-order valence-electron chi connectivity index (χ1n) is 6.68. The fourth-order valence-corrected chi connectivity index (χ4v) is 2.83. The summed E-state index contributed by atoms with van der Waals surface area (Å²) in [6.07, 6.45) is 2.55. The minimum Gasteiger partial charge on any atom is -0.324 e. The van der Waals surface area contributed by atoms with Gasteiger partial charge in [-0.05, 0) is 50.8 Å². The number of nitriles is 1. The van der Waals surface area contributed by atoms with Crippen molar-refractivity contribution < 1.29 is 0 Å². The Labute approximate surface area is 117 Å². The van der Waals surface area contributed by atoms with Gasteiger partial charge in [0.2, 0.25) is 0 Å². The number of halogens is 1. The van der Waals surface area contributed by atoms with Crippen molar-refractivity contribution in [1.29, 1.82) is 5.26 Å². The quantitative estimate of drug-likeness (QED) is 0.787. The van der Waals surface area contributed by atoms with Gasteiger partial charge in [0.15, 0.2) is 0 Å². The van der Waals surface area contributed by atoms with Crippen LogP contribution in [0.2, 0.25) is 0 Å². The zero-order valence-electron chi connectivity index (χ0n) is 11.1. The van der Waals surface area contributed by atoms with Crippen molar-refractivity contribution in [2.75, 3.05) is 0 Å². The molecular weight excluding hydrogens is 258 g/mol. The Morgan fingerprint density at radius 1 is 1.42 bits per heavy atom. The molecule has 1 heterocycles. The van der Waals surface area contributed by atoms with Crippen LogP contribution in [-0.4, -0.2) is 9.55 Å². The van der Waals surface area contributed by atoms with Crippen LogP contribution in [0.1, 0.15) is 49.5 Å². The monoisotopic (exact) mass is 273 g/mol. The van der Waals surface area contributed by atoms with E-state index >= 15 is 0 Å². The number of nitrogens with zero attached hydrogens (tertiary/aromatic N) is 3. The topological polar surface area (TPSA) is 41.6 Å². The number of hydrogen-bond donors (Lipinski definition) is 0. The third kappa shape index (κ3) is 2.11.